The van der Waals surface area contributed by atoms with Crippen molar-refractivity contribution in [2.75, 3.05) is 13.2 Å². The molecule has 0 N–H and O–H groups in total. The van der Waals surface area contributed by atoms with E-state index in [9.17, 15) is 9.59 Å². The van der Waals surface area contributed by atoms with E-state index in [2.05, 4.69) is 0 Å². The first-order chi connectivity index (χ1) is 9.99. The quantitative estimate of drug-likeness (QED) is 0.314. The number of rotatable bonds is 12. The molecule has 0 aromatic heterocycles. The SMILES string of the molecule is CCCCOC(CC(OCCCC)OC(C)=O)OC(C)=O. The molecule has 0 aliphatic heterocycles. The van der Waals surface area contributed by atoms with E-state index in [4.69, 9.17) is 18.9 Å². The topological polar surface area (TPSA) is 71.1 Å². The number of carbonyl (C=O) groups is 2. The molecule has 0 fully saturated rings. The van der Waals surface area contributed by atoms with Gasteiger partial charge in [0.2, 0.25) is 12.6 Å². The highest BCUT2D eigenvalue weighted by Gasteiger charge is 2.22. The maximum absolute atomic E-state index is 11.1. The second-order valence-electron chi connectivity index (χ2n) is 4.76. The zero-order valence-corrected chi connectivity index (χ0v) is 13.6. The van der Waals surface area contributed by atoms with Crippen molar-refractivity contribution in [1.29, 1.82) is 0 Å². The summed E-state index contributed by atoms with van der Waals surface area (Å²) in [6, 6.07) is 0. The molecular weight excluding hydrogens is 276 g/mol. The Kier molecular flexibility index (Phi) is 11.9. The van der Waals surface area contributed by atoms with Crippen molar-refractivity contribution in [2.45, 2.75) is 72.4 Å². The first-order valence-corrected chi connectivity index (χ1v) is 7.57. The van der Waals surface area contributed by atoms with E-state index in [1.165, 1.54) is 13.8 Å². The summed E-state index contributed by atoms with van der Waals surface area (Å²) in [6.45, 7) is 7.68. The van der Waals surface area contributed by atoms with Crippen LogP contribution < -0.4 is 0 Å². The molecule has 0 aliphatic carbocycles. The molecule has 21 heavy (non-hydrogen) atoms. The normalized spacial score (nSPS) is 13.5. The van der Waals surface area contributed by atoms with Crippen LogP contribution in [-0.4, -0.2) is 37.7 Å². The van der Waals surface area contributed by atoms with Crippen LogP contribution in [0, 0.1) is 0 Å². The van der Waals surface area contributed by atoms with Gasteiger partial charge in [-0.15, -0.1) is 0 Å². The summed E-state index contributed by atoms with van der Waals surface area (Å²) in [5.41, 5.74) is 0. The van der Waals surface area contributed by atoms with E-state index in [1.54, 1.807) is 0 Å². The van der Waals surface area contributed by atoms with Gasteiger partial charge in [0.25, 0.3) is 0 Å². The second-order valence-corrected chi connectivity index (χ2v) is 4.76. The van der Waals surface area contributed by atoms with Crippen molar-refractivity contribution in [1.82, 2.24) is 0 Å². The van der Waals surface area contributed by atoms with E-state index in [1.807, 2.05) is 13.8 Å². The molecule has 124 valence electrons. The van der Waals surface area contributed by atoms with E-state index >= 15 is 0 Å². The Bertz CT molecular complexity index is 264. The molecule has 0 aromatic rings. The van der Waals surface area contributed by atoms with Crippen molar-refractivity contribution < 1.29 is 28.5 Å². The zero-order chi connectivity index (χ0) is 16.1. The van der Waals surface area contributed by atoms with Crippen molar-refractivity contribution >= 4 is 11.9 Å². The van der Waals surface area contributed by atoms with Gasteiger partial charge in [-0.25, -0.2) is 0 Å². The van der Waals surface area contributed by atoms with Crippen LogP contribution in [-0.2, 0) is 28.5 Å². The van der Waals surface area contributed by atoms with Crippen LogP contribution in [0.1, 0.15) is 59.8 Å². The van der Waals surface area contributed by atoms with Gasteiger partial charge in [0.1, 0.15) is 0 Å². The van der Waals surface area contributed by atoms with Crippen LogP contribution in [0.3, 0.4) is 0 Å². The largest absolute Gasteiger partial charge is 0.436 e. The summed E-state index contributed by atoms with van der Waals surface area (Å²) < 4.78 is 21.2. The summed E-state index contributed by atoms with van der Waals surface area (Å²) >= 11 is 0. The average molecular weight is 304 g/mol. The molecule has 0 saturated carbocycles. The highest BCUT2D eigenvalue weighted by Crippen LogP contribution is 2.12. The number of carbonyl (C=O) groups excluding carboxylic acids is 2. The van der Waals surface area contributed by atoms with Gasteiger partial charge in [0.05, 0.1) is 19.6 Å². The lowest BCUT2D eigenvalue weighted by Gasteiger charge is -2.23. The van der Waals surface area contributed by atoms with Crippen LogP contribution in [0.4, 0.5) is 0 Å². The summed E-state index contributed by atoms with van der Waals surface area (Å²) in [4.78, 5) is 22.2. The Labute approximate surface area is 127 Å². The Hall–Kier alpha value is -1.14. The van der Waals surface area contributed by atoms with Gasteiger partial charge in [0.15, 0.2) is 0 Å². The molecule has 0 radical (unpaired) electrons. The fourth-order valence-electron chi connectivity index (χ4n) is 1.55. The Morgan fingerprint density at radius 1 is 0.810 bits per heavy atom. The van der Waals surface area contributed by atoms with Gasteiger partial charge in [0, 0.05) is 13.8 Å². The third kappa shape index (κ3) is 12.3. The van der Waals surface area contributed by atoms with Crippen molar-refractivity contribution in [3.63, 3.8) is 0 Å². The Morgan fingerprint density at radius 2 is 1.19 bits per heavy atom. The molecule has 2 unspecified atom stereocenters. The minimum absolute atomic E-state index is 0.173. The number of ether oxygens (including phenoxy) is 4. The first-order valence-electron chi connectivity index (χ1n) is 7.57. The standard InChI is InChI=1S/C15H28O6/c1-5-7-9-18-14(20-12(3)16)11-15(21-13(4)17)19-10-8-6-2/h14-15H,5-11H2,1-4H3. The molecule has 0 bridgehead atoms. The molecule has 0 heterocycles. The van der Waals surface area contributed by atoms with E-state index in [-0.39, 0.29) is 6.42 Å². The number of unbranched alkanes of at least 4 members (excludes halogenated alkanes) is 2. The fourth-order valence-corrected chi connectivity index (χ4v) is 1.55. The first kappa shape index (κ1) is 19.9. The molecule has 0 saturated heterocycles. The Balaban J connectivity index is 4.43. The minimum atomic E-state index is -0.764. The lowest BCUT2D eigenvalue weighted by atomic mass is 10.3. The maximum Gasteiger partial charge on any atom is 0.304 e. The highest BCUT2D eigenvalue weighted by molar-refractivity contribution is 5.66. The smallest absolute Gasteiger partial charge is 0.304 e. The fraction of sp³-hybridized carbons (Fsp3) is 0.867. The average Bonchev–Trinajstić information content (AvgIpc) is 2.37. The van der Waals surface area contributed by atoms with Gasteiger partial charge in [-0.2, -0.15) is 0 Å². The predicted octanol–water partition coefficient (Wildman–Crippen LogP) is 2.79. The lowest BCUT2D eigenvalue weighted by molar-refractivity contribution is -0.213. The summed E-state index contributed by atoms with van der Waals surface area (Å²) in [7, 11) is 0. The highest BCUT2D eigenvalue weighted by atomic mass is 16.7. The molecule has 0 amide bonds. The minimum Gasteiger partial charge on any atom is -0.436 e. The van der Waals surface area contributed by atoms with Gasteiger partial charge in [-0.1, -0.05) is 26.7 Å². The molecule has 2 atom stereocenters. The summed E-state index contributed by atoms with van der Waals surface area (Å²) in [5, 5.41) is 0. The molecule has 0 spiro atoms. The molecule has 0 rings (SSSR count). The molecule has 6 heteroatoms. The lowest BCUT2D eigenvalue weighted by Crippen LogP contribution is -2.30. The van der Waals surface area contributed by atoms with Crippen molar-refractivity contribution in [3.05, 3.63) is 0 Å². The maximum atomic E-state index is 11.1. The van der Waals surface area contributed by atoms with Gasteiger partial charge < -0.3 is 18.9 Å². The van der Waals surface area contributed by atoms with Crippen LogP contribution in [0.5, 0.6) is 0 Å². The molecular formula is C15H28O6. The molecule has 0 aromatic carbocycles. The van der Waals surface area contributed by atoms with Crippen LogP contribution in [0.25, 0.3) is 0 Å². The third-order valence-corrected chi connectivity index (χ3v) is 2.58. The predicted molar refractivity (Wildman–Crippen MR) is 77.4 cm³/mol. The number of esters is 2. The van der Waals surface area contributed by atoms with Crippen LogP contribution in [0.2, 0.25) is 0 Å². The van der Waals surface area contributed by atoms with Crippen molar-refractivity contribution in [2.24, 2.45) is 0 Å². The van der Waals surface area contributed by atoms with E-state index < -0.39 is 24.5 Å². The van der Waals surface area contributed by atoms with Crippen molar-refractivity contribution in [3.8, 4) is 0 Å². The monoisotopic (exact) mass is 304 g/mol. The van der Waals surface area contributed by atoms with E-state index in [0.717, 1.165) is 25.7 Å². The zero-order valence-electron chi connectivity index (χ0n) is 13.6. The summed E-state index contributed by atoms with van der Waals surface area (Å²) in [5.74, 6) is -0.877. The molecule has 0 aliphatic rings. The summed E-state index contributed by atoms with van der Waals surface area (Å²) in [6.07, 6.45) is 2.34. The Morgan fingerprint density at radius 3 is 1.48 bits per heavy atom. The molecule has 6 nitrogen and oxygen atoms in total. The van der Waals surface area contributed by atoms with Gasteiger partial charge in [-0.3, -0.25) is 9.59 Å². The van der Waals surface area contributed by atoms with Gasteiger partial charge >= 0.3 is 11.9 Å². The van der Waals surface area contributed by atoms with E-state index in [0.29, 0.717) is 13.2 Å². The second kappa shape index (κ2) is 12.6. The van der Waals surface area contributed by atoms with Crippen LogP contribution >= 0.6 is 0 Å². The van der Waals surface area contributed by atoms with Crippen LogP contribution in [0.15, 0.2) is 0 Å². The number of hydrogen-bond donors (Lipinski definition) is 0. The van der Waals surface area contributed by atoms with Gasteiger partial charge in [-0.05, 0) is 12.8 Å². The third-order valence-electron chi connectivity index (χ3n) is 2.58. The number of hydrogen-bond acceptors (Lipinski definition) is 6.